The van der Waals surface area contributed by atoms with Crippen molar-refractivity contribution in [1.29, 1.82) is 0 Å². The Labute approximate surface area is 131 Å². The van der Waals surface area contributed by atoms with Crippen LogP contribution in [0.5, 0.6) is 0 Å². The summed E-state index contributed by atoms with van der Waals surface area (Å²) in [4.78, 5) is 35.4. The van der Waals surface area contributed by atoms with Crippen molar-refractivity contribution in [3.63, 3.8) is 0 Å². The van der Waals surface area contributed by atoms with Crippen molar-refractivity contribution in [3.05, 3.63) is 45.7 Å². The first kappa shape index (κ1) is 14.6. The van der Waals surface area contributed by atoms with E-state index in [0.717, 1.165) is 19.4 Å². The summed E-state index contributed by atoms with van der Waals surface area (Å²) in [5.41, 5.74) is 0.212. The lowest BCUT2D eigenvalue weighted by molar-refractivity contribution is 0.0928. The summed E-state index contributed by atoms with van der Waals surface area (Å²) in [6.07, 6.45) is 6.37. The molecular weight excluding hydrogens is 306 g/mol. The van der Waals surface area contributed by atoms with Gasteiger partial charge in [0.2, 0.25) is 0 Å². The van der Waals surface area contributed by atoms with Crippen molar-refractivity contribution in [3.8, 4) is 0 Å². The van der Waals surface area contributed by atoms with Crippen molar-refractivity contribution in [2.45, 2.75) is 18.9 Å². The Morgan fingerprint density at radius 2 is 2.32 bits per heavy atom. The van der Waals surface area contributed by atoms with Crippen LogP contribution in [0, 0.1) is 0 Å². The van der Waals surface area contributed by atoms with E-state index in [4.69, 9.17) is 11.6 Å². The van der Waals surface area contributed by atoms with E-state index in [1.165, 1.54) is 6.20 Å². The normalized spacial score (nSPS) is 18.2. The van der Waals surface area contributed by atoms with Gasteiger partial charge in [0.25, 0.3) is 11.5 Å². The van der Waals surface area contributed by atoms with E-state index in [1.54, 1.807) is 18.5 Å². The molecule has 1 saturated heterocycles. The van der Waals surface area contributed by atoms with E-state index in [0.29, 0.717) is 23.1 Å². The molecule has 1 amide bonds. The van der Waals surface area contributed by atoms with Gasteiger partial charge in [-0.15, -0.1) is 0 Å². The molecule has 0 spiro atoms. The molecule has 0 saturated carbocycles. The summed E-state index contributed by atoms with van der Waals surface area (Å²) in [5.74, 6) is 0.193. The zero-order valence-electron chi connectivity index (χ0n) is 11.8. The molecule has 0 radical (unpaired) electrons. The van der Waals surface area contributed by atoms with Crippen LogP contribution in [-0.4, -0.2) is 40.0 Å². The number of halogens is 1. The summed E-state index contributed by atoms with van der Waals surface area (Å²) in [6, 6.07) is 1.55. The molecule has 1 fully saturated rings. The van der Waals surface area contributed by atoms with E-state index >= 15 is 0 Å². The summed E-state index contributed by atoms with van der Waals surface area (Å²) >= 11 is 5.80. The molecule has 3 heterocycles. The minimum absolute atomic E-state index is 0.0373. The number of nitrogens with zero attached hydrogens (tertiary/aromatic N) is 2. The highest BCUT2D eigenvalue weighted by atomic mass is 35.5. The van der Waals surface area contributed by atoms with Crippen LogP contribution in [0.1, 0.15) is 23.3 Å². The third-order valence-corrected chi connectivity index (χ3v) is 3.86. The van der Waals surface area contributed by atoms with Gasteiger partial charge in [0.1, 0.15) is 5.69 Å². The summed E-state index contributed by atoms with van der Waals surface area (Å²) < 4.78 is 0. The summed E-state index contributed by atoms with van der Waals surface area (Å²) in [6.45, 7) is 1.31. The van der Waals surface area contributed by atoms with Crippen LogP contribution >= 0.6 is 11.6 Å². The summed E-state index contributed by atoms with van der Waals surface area (Å²) in [5, 5.41) is 3.45. The zero-order valence-corrected chi connectivity index (χ0v) is 12.6. The average molecular weight is 322 g/mol. The molecule has 1 aliphatic heterocycles. The first-order chi connectivity index (χ1) is 10.6. The molecule has 2 aromatic rings. The number of piperidine rings is 1. The maximum Gasteiger partial charge on any atom is 0.290 e. The molecule has 8 heteroatoms. The van der Waals surface area contributed by atoms with Gasteiger partial charge < -0.3 is 20.2 Å². The third-order valence-electron chi connectivity index (χ3n) is 3.64. The number of H-pyrrole nitrogens is 2. The number of carbonyl (C=O) groups is 1. The van der Waals surface area contributed by atoms with Gasteiger partial charge in [-0.3, -0.25) is 9.59 Å². The fourth-order valence-electron chi connectivity index (χ4n) is 2.62. The van der Waals surface area contributed by atoms with Crippen LogP contribution in [0.15, 0.2) is 29.5 Å². The quantitative estimate of drug-likeness (QED) is 0.790. The Kier molecular flexibility index (Phi) is 4.15. The van der Waals surface area contributed by atoms with E-state index in [2.05, 4.69) is 20.3 Å². The molecule has 0 unspecified atom stereocenters. The lowest BCUT2D eigenvalue weighted by Crippen LogP contribution is -2.49. The second-order valence-corrected chi connectivity index (χ2v) is 5.67. The largest absolute Gasteiger partial charge is 0.356 e. The van der Waals surface area contributed by atoms with E-state index in [1.807, 2.05) is 4.90 Å². The standard InChI is InChI=1S/C14H16ClN5O2/c15-9-6-11(18-7-9)13(21)19-10-2-1-5-20(8-10)12-14(22)17-4-3-16-12/h3-4,6-7,10,18H,1-2,5,8H2,(H,17,22)(H,19,21)/t10-/m0/s1. The van der Waals surface area contributed by atoms with Gasteiger partial charge in [0, 0.05) is 37.7 Å². The van der Waals surface area contributed by atoms with Crippen molar-refractivity contribution < 1.29 is 4.79 Å². The second kappa shape index (κ2) is 6.23. The van der Waals surface area contributed by atoms with Crippen LogP contribution in [-0.2, 0) is 0 Å². The Morgan fingerprint density at radius 3 is 3.05 bits per heavy atom. The molecule has 0 bridgehead atoms. The van der Waals surface area contributed by atoms with Gasteiger partial charge in [0.15, 0.2) is 5.82 Å². The monoisotopic (exact) mass is 321 g/mol. The highest BCUT2D eigenvalue weighted by molar-refractivity contribution is 6.30. The molecule has 1 aliphatic rings. The minimum atomic E-state index is -0.217. The number of aromatic nitrogens is 3. The van der Waals surface area contributed by atoms with Crippen LogP contribution in [0.2, 0.25) is 5.02 Å². The molecule has 7 nitrogen and oxygen atoms in total. The molecular formula is C14H16ClN5O2. The van der Waals surface area contributed by atoms with Crippen molar-refractivity contribution in [2.24, 2.45) is 0 Å². The van der Waals surface area contributed by atoms with Crippen molar-refractivity contribution in [1.82, 2.24) is 20.3 Å². The van der Waals surface area contributed by atoms with Gasteiger partial charge >= 0.3 is 0 Å². The number of aromatic amines is 2. The van der Waals surface area contributed by atoms with Gasteiger partial charge in [-0.25, -0.2) is 4.98 Å². The molecule has 3 rings (SSSR count). The SMILES string of the molecule is O=C(N[C@H]1CCCN(c2ncc[nH]c2=O)C1)c1cc(Cl)c[nH]1. The Balaban J connectivity index is 1.67. The fraction of sp³-hybridized carbons (Fsp3) is 0.357. The highest BCUT2D eigenvalue weighted by Crippen LogP contribution is 2.15. The highest BCUT2D eigenvalue weighted by Gasteiger charge is 2.24. The molecule has 116 valence electrons. The molecule has 0 aliphatic carbocycles. The number of hydrogen-bond acceptors (Lipinski definition) is 4. The van der Waals surface area contributed by atoms with Gasteiger partial charge in [0.05, 0.1) is 5.02 Å². The van der Waals surface area contributed by atoms with Crippen LogP contribution in [0.4, 0.5) is 5.82 Å². The van der Waals surface area contributed by atoms with Gasteiger partial charge in [-0.05, 0) is 18.9 Å². The number of hydrogen-bond donors (Lipinski definition) is 3. The molecule has 1 atom stereocenters. The van der Waals surface area contributed by atoms with E-state index in [9.17, 15) is 9.59 Å². The molecule has 22 heavy (non-hydrogen) atoms. The van der Waals surface area contributed by atoms with Crippen LogP contribution < -0.4 is 15.8 Å². The lowest BCUT2D eigenvalue weighted by Gasteiger charge is -2.33. The molecule has 2 aromatic heterocycles. The first-order valence-electron chi connectivity index (χ1n) is 7.07. The first-order valence-corrected chi connectivity index (χ1v) is 7.44. The number of amides is 1. The number of nitrogens with one attached hydrogen (secondary N) is 3. The Hall–Kier alpha value is -2.28. The number of anilines is 1. The molecule has 0 aromatic carbocycles. The number of carbonyl (C=O) groups excluding carboxylic acids is 1. The predicted octanol–water partition coefficient (Wildman–Crippen LogP) is 1.15. The Morgan fingerprint density at radius 1 is 1.45 bits per heavy atom. The lowest BCUT2D eigenvalue weighted by atomic mass is 10.1. The predicted molar refractivity (Wildman–Crippen MR) is 83.4 cm³/mol. The van der Waals surface area contributed by atoms with Crippen molar-refractivity contribution >= 4 is 23.3 Å². The zero-order chi connectivity index (χ0) is 15.5. The topological polar surface area (TPSA) is 93.9 Å². The minimum Gasteiger partial charge on any atom is -0.356 e. The molecule has 3 N–H and O–H groups in total. The fourth-order valence-corrected chi connectivity index (χ4v) is 2.78. The maximum atomic E-state index is 12.1. The van der Waals surface area contributed by atoms with E-state index in [-0.39, 0.29) is 17.5 Å². The van der Waals surface area contributed by atoms with Gasteiger partial charge in [-0.1, -0.05) is 11.6 Å². The van der Waals surface area contributed by atoms with E-state index < -0.39 is 0 Å². The second-order valence-electron chi connectivity index (χ2n) is 5.23. The van der Waals surface area contributed by atoms with Gasteiger partial charge in [-0.2, -0.15) is 0 Å². The third kappa shape index (κ3) is 3.14. The Bertz CT molecular complexity index is 726. The van der Waals surface area contributed by atoms with Crippen LogP contribution in [0.25, 0.3) is 0 Å². The maximum absolute atomic E-state index is 12.1. The average Bonchev–Trinajstić information content (AvgIpc) is 2.95. The van der Waals surface area contributed by atoms with Crippen LogP contribution in [0.3, 0.4) is 0 Å². The number of rotatable bonds is 3. The summed E-state index contributed by atoms with van der Waals surface area (Å²) in [7, 11) is 0. The smallest absolute Gasteiger partial charge is 0.290 e. The van der Waals surface area contributed by atoms with Crippen molar-refractivity contribution in [2.75, 3.05) is 18.0 Å².